The number of hydrogen-bond acceptors (Lipinski definition) is 2. The summed E-state index contributed by atoms with van der Waals surface area (Å²) in [5, 5.41) is 3.91. The largest absolute Gasteiger partial charge is 0.311 e. The Kier molecular flexibility index (Phi) is 5.00. The Balaban J connectivity index is 1.46. The Morgan fingerprint density at radius 1 is 1.09 bits per heavy atom. The molecule has 2 saturated carbocycles. The lowest BCUT2D eigenvalue weighted by Crippen LogP contribution is -2.40. The molecule has 2 nitrogen and oxygen atoms in total. The number of benzene rings is 1. The third kappa shape index (κ3) is 3.99. The smallest absolute Gasteiger partial charge is 0.0142 e. The summed E-state index contributed by atoms with van der Waals surface area (Å²) in [6.45, 7) is 2.29. The number of hydrogen-bond donors (Lipinski definition) is 1. The molecule has 1 N–H and O–H groups in total. The monoisotopic (exact) mass is 298 g/mol. The van der Waals surface area contributed by atoms with Gasteiger partial charge in [0.25, 0.3) is 0 Å². The summed E-state index contributed by atoms with van der Waals surface area (Å²) in [5.41, 5.74) is 2.86. The molecule has 0 radical (unpaired) electrons. The van der Waals surface area contributed by atoms with E-state index in [9.17, 15) is 0 Å². The highest BCUT2D eigenvalue weighted by Crippen LogP contribution is 2.39. The first-order valence-corrected chi connectivity index (χ1v) is 8.79. The van der Waals surface area contributed by atoms with Gasteiger partial charge in [-0.1, -0.05) is 42.0 Å². The molecule has 0 amide bonds. The second-order valence-electron chi connectivity index (χ2n) is 7.38. The second kappa shape index (κ2) is 6.97. The molecular formula is C20H30N2. The third-order valence-corrected chi connectivity index (χ3v) is 5.45. The van der Waals surface area contributed by atoms with Gasteiger partial charge in [-0.2, -0.15) is 0 Å². The van der Waals surface area contributed by atoms with E-state index in [1.807, 2.05) is 0 Å². The van der Waals surface area contributed by atoms with Crippen LogP contribution in [0.25, 0.3) is 6.08 Å². The Bertz CT molecular complexity index is 498. The molecule has 0 spiro atoms. The first-order chi connectivity index (χ1) is 10.6. The van der Waals surface area contributed by atoms with Crippen LogP contribution in [-0.4, -0.2) is 37.1 Å². The summed E-state index contributed by atoms with van der Waals surface area (Å²) >= 11 is 0. The molecular weight excluding hydrogens is 268 g/mol. The first kappa shape index (κ1) is 15.8. The Morgan fingerprint density at radius 2 is 1.77 bits per heavy atom. The fourth-order valence-corrected chi connectivity index (χ4v) is 3.86. The molecule has 0 aliphatic heterocycles. The molecule has 0 bridgehead atoms. The van der Waals surface area contributed by atoms with Crippen molar-refractivity contribution in [1.82, 2.24) is 10.2 Å². The van der Waals surface area contributed by atoms with Crippen molar-refractivity contribution in [3.8, 4) is 0 Å². The van der Waals surface area contributed by atoms with Crippen molar-refractivity contribution in [2.75, 3.05) is 14.1 Å². The minimum Gasteiger partial charge on any atom is -0.311 e. The Morgan fingerprint density at radius 3 is 2.41 bits per heavy atom. The van der Waals surface area contributed by atoms with Crippen molar-refractivity contribution in [3.63, 3.8) is 0 Å². The zero-order valence-electron chi connectivity index (χ0n) is 14.3. The van der Waals surface area contributed by atoms with Crippen molar-refractivity contribution in [2.24, 2.45) is 5.92 Å². The molecule has 2 fully saturated rings. The van der Waals surface area contributed by atoms with Crippen LogP contribution < -0.4 is 5.32 Å². The summed E-state index contributed by atoms with van der Waals surface area (Å²) in [4.78, 5) is 2.39. The minimum atomic E-state index is 0.723. The molecule has 0 heterocycles. The van der Waals surface area contributed by atoms with Crippen LogP contribution in [-0.2, 0) is 0 Å². The van der Waals surface area contributed by atoms with Gasteiger partial charge in [-0.3, -0.25) is 0 Å². The highest BCUT2D eigenvalue weighted by atomic mass is 15.1. The van der Waals surface area contributed by atoms with E-state index in [4.69, 9.17) is 0 Å². The average molecular weight is 298 g/mol. The van der Waals surface area contributed by atoms with Gasteiger partial charge in [-0.25, -0.2) is 0 Å². The van der Waals surface area contributed by atoms with Crippen LogP contribution in [0.2, 0.25) is 0 Å². The van der Waals surface area contributed by atoms with Crippen molar-refractivity contribution in [3.05, 3.63) is 41.5 Å². The number of rotatable bonds is 5. The van der Waals surface area contributed by atoms with Gasteiger partial charge in [0.2, 0.25) is 0 Å². The number of nitrogens with zero attached hydrogens (tertiary/aromatic N) is 1. The molecule has 1 aromatic rings. The van der Waals surface area contributed by atoms with Gasteiger partial charge in [0.15, 0.2) is 0 Å². The van der Waals surface area contributed by atoms with Crippen LogP contribution in [0.4, 0.5) is 0 Å². The fraction of sp³-hybridized carbons (Fsp3) is 0.600. The molecule has 120 valence electrons. The summed E-state index contributed by atoms with van der Waals surface area (Å²) < 4.78 is 0. The maximum atomic E-state index is 3.91. The van der Waals surface area contributed by atoms with E-state index in [2.05, 4.69) is 67.6 Å². The first-order valence-electron chi connectivity index (χ1n) is 8.79. The van der Waals surface area contributed by atoms with Crippen LogP contribution >= 0.6 is 0 Å². The molecule has 2 aliphatic carbocycles. The SMILES string of the molecule is C/C(=C\c1ccccc1)C1CC1N[C@H]1CC[C@H](N(C)C)CC1. The normalized spacial score (nSPS) is 32.3. The van der Waals surface area contributed by atoms with Gasteiger partial charge >= 0.3 is 0 Å². The zero-order chi connectivity index (χ0) is 15.5. The fourth-order valence-electron chi connectivity index (χ4n) is 3.86. The van der Waals surface area contributed by atoms with E-state index in [1.165, 1.54) is 43.2 Å². The van der Waals surface area contributed by atoms with E-state index < -0.39 is 0 Å². The van der Waals surface area contributed by atoms with Crippen LogP contribution in [0.1, 0.15) is 44.6 Å². The third-order valence-electron chi connectivity index (χ3n) is 5.45. The topological polar surface area (TPSA) is 15.3 Å². The maximum absolute atomic E-state index is 3.91. The van der Waals surface area contributed by atoms with Crippen molar-refractivity contribution in [2.45, 2.75) is 57.2 Å². The summed E-state index contributed by atoms with van der Waals surface area (Å²) in [6, 6.07) is 13.0. The Labute approximate surface area is 135 Å². The van der Waals surface area contributed by atoms with E-state index in [-0.39, 0.29) is 0 Å². The van der Waals surface area contributed by atoms with Gasteiger partial charge in [0.05, 0.1) is 0 Å². The van der Waals surface area contributed by atoms with Gasteiger partial charge in [-0.15, -0.1) is 0 Å². The zero-order valence-corrected chi connectivity index (χ0v) is 14.3. The van der Waals surface area contributed by atoms with E-state index in [0.717, 1.165) is 24.0 Å². The number of nitrogens with one attached hydrogen (secondary N) is 1. The highest BCUT2D eigenvalue weighted by Gasteiger charge is 2.39. The lowest BCUT2D eigenvalue weighted by atomic mass is 9.90. The average Bonchev–Trinajstić information content (AvgIpc) is 3.28. The molecule has 3 rings (SSSR count). The molecule has 2 aliphatic rings. The van der Waals surface area contributed by atoms with Crippen molar-refractivity contribution < 1.29 is 0 Å². The molecule has 2 atom stereocenters. The van der Waals surface area contributed by atoms with Gasteiger partial charge in [-0.05, 0) is 64.6 Å². The van der Waals surface area contributed by atoms with Crippen LogP contribution in [0.5, 0.6) is 0 Å². The maximum Gasteiger partial charge on any atom is 0.0142 e. The van der Waals surface area contributed by atoms with E-state index in [1.54, 1.807) is 0 Å². The van der Waals surface area contributed by atoms with Crippen LogP contribution in [0, 0.1) is 5.92 Å². The molecule has 1 aromatic carbocycles. The van der Waals surface area contributed by atoms with Gasteiger partial charge < -0.3 is 10.2 Å². The predicted octanol–water partition coefficient (Wildman–Crippen LogP) is 3.94. The van der Waals surface area contributed by atoms with Crippen LogP contribution in [0.3, 0.4) is 0 Å². The van der Waals surface area contributed by atoms with E-state index >= 15 is 0 Å². The summed E-state index contributed by atoms with van der Waals surface area (Å²) in [6.07, 6.45) is 9.06. The second-order valence-corrected chi connectivity index (χ2v) is 7.38. The summed E-state index contributed by atoms with van der Waals surface area (Å²) in [5.74, 6) is 0.756. The lowest BCUT2D eigenvalue weighted by molar-refractivity contribution is 0.203. The lowest BCUT2D eigenvalue weighted by Gasteiger charge is -2.33. The van der Waals surface area contributed by atoms with Gasteiger partial charge in [0, 0.05) is 18.1 Å². The summed E-state index contributed by atoms with van der Waals surface area (Å²) in [7, 11) is 4.43. The quantitative estimate of drug-likeness (QED) is 0.885. The Hall–Kier alpha value is -1.12. The molecule has 2 heteroatoms. The van der Waals surface area contributed by atoms with Gasteiger partial charge in [0.1, 0.15) is 0 Å². The molecule has 0 aromatic heterocycles. The molecule has 0 saturated heterocycles. The predicted molar refractivity (Wildman–Crippen MR) is 94.9 cm³/mol. The minimum absolute atomic E-state index is 0.723. The standard InChI is InChI=1S/C20H30N2/c1-15(13-16-7-5-4-6-8-16)19-14-20(19)21-17-9-11-18(12-10-17)22(2)3/h4-8,13,17-21H,9-12,14H2,1-3H3/b15-13+/t17-,18-,19?,20?. The van der Waals surface area contributed by atoms with E-state index in [0.29, 0.717) is 0 Å². The van der Waals surface area contributed by atoms with Crippen LogP contribution in [0.15, 0.2) is 35.9 Å². The van der Waals surface area contributed by atoms with Crippen molar-refractivity contribution >= 4 is 6.08 Å². The van der Waals surface area contributed by atoms with Crippen molar-refractivity contribution in [1.29, 1.82) is 0 Å². The molecule has 2 unspecified atom stereocenters. The highest BCUT2D eigenvalue weighted by molar-refractivity contribution is 5.53. The molecule has 22 heavy (non-hydrogen) atoms.